The topological polar surface area (TPSA) is 59.0 Å². The van der Waals surface area contributed by atoms with Crippen LogP contribution in [0.5, 0.6) is 0 Å². The Kier molecular flexibility index (Phi) is 4.46. The highest BCUT2D eigenvalue weighted by Crippen LogP contribution is 2.35. The molecule has 1 aliphatic heterocycles. The molecule has 0 N–H and O–H groups in total. The zero-order chi connectivity index (χ0) is 17.2. The summed E-state index contributed by atoms with van der Waals surface area (Å²) in [6.07, 6.45) is 5.63. The summed E-state index contributed by atoms with van der Waals surface area (Å²) >= 11 is 2.98. The first kappa shape index (κ1) is 16.2. The molecule has 2 aromatic heterocycles. The van der Waals surface area contributed by atoms with Crippen molar-refractivity contribution in [2.24, 2.45) is 0 Å². The van der Waals surface area contributed by atoms with E-state index in [9.17, 15) is 9.18 Å². The minimum atomic E-state index is -0.349. The van der Waals surface area contributed by atoms with E-state index in [4.69, 9.17) is 0 Å². The molecule has 0 radical (unpaired) electrons. The maximum Gasteiger partial charge on any atom is 0.277 e. The number of rotatable bonds is 2. The first-order chi connectivity index (χ1) is 12.2. The minimum Gasteiger partial charge on any atom is -0.306 e. The van der Waals surface area contributed by atoms with E-state index in [0.29, 0.717) is 28.6 Å². The summed E-state index contributed by atoms with van der Waals surface area (Å²) in [6, 6.07) is 4.57. The van der Waals surface area contributed by atoms with E-state index in [0.717, 1.165) is 17.1 Å². The van der Waals surface area contributed by atoms with E-state index in [1.54, 1.807) is 46.7 Å². The van der Waals surface area contributed by atoms with Crippen LogP contribution in [-0.2, 0) is 0 Å². The fourth-order valence-electron chi connectivity index (χ4n) is 2.60. The van der Waals surface area contributed by atoms with Gasteiger partial charge < -0.3 is 4.90 Å². The third kappa shape index (κ3) is 3.27. The van der Waals surface area contributed by atoms with Crippen LogP contribution in [0.3, 0.4) is 0 Å². The van der Waals surface area contributed by atoms with Gasteiger partial charge in [-0.05, 0) is 30.4 Å². The van der Waals surface area contributed by atoms with Crippen molar-refractivity contribution in [3.8, 4) is 10.7 Å². The predicted molar refractivity (Wildman–Crippen MR) is 96.6 cm³/mol. The van der Waals surface area contributed by atoms with Crippen molar-refractivity contribution in [1.82, 2.24) is 15.0 Å². The first-order valence-corrected chi connectivity index (χ1v) is 9.55. The van der Waals surface area contributed by atoms with Gasteiger partial charge in [0.25, 0.3) is 5.91 Å². The number of amides is 1. The van der Waals surface area contributed by atoms with Crippen LogP contribution in [0.15, 0.2) is 47.1 Å². The van der Waals surface area contributed by atoms with Crippen molar-refractivity contribution < 1.29 is 9.18 Å². The van der Waals surface area contributed by atoms with Crippen LogP contribution < -0.4 is 4.90 Å². The highest BCUT2D eigenvalue weighted by Gasteiger charge is 2.25. The molecule has 0 spiro atoms. The van der Waals surface area contributed by atoms with Gasteiger partial charge in [-0.25, -0.2) is 9.37 Å². The van der Waals surface area contributed by atoms with E-state index in [1.165, 1.54) is 23.5 Å². The zero-order valence-corrected chi connectivity index (χ0v) is 14.7. The molecular weight excluding hydrogens is 359 g/mol. The van der Waals surface area contributed by atoms with Crippen molar-refractivity contribution >= 4 is 34.7 Å². The van der Waals surface area contributed by atoms with E-state index in [-0.39, 0.29) is 11.7 Å². The fourth-order valence-corrected chi connectivity index (χ4v) is 4.33. The number of thioether (sulfide) groups is 1. The molecule has 1 aromatic carbocycles. The van der Waals surface area contributed by atoms with Crippen molar-refractivity contribution in [3.05, 3.63) is 53.7 Å². The molecule has 1 amide bonds. The number of nitrogens with zero attached hydrogens (tertiary/aromatic N) is 4. The highest BCUT2D eigenvalue weighted by molar-refractivity contribution is 7.99. The molecule has 0 bridgehead atoms. The van der Waals surface area contributed by atoms with Crippen LogP contribution in [0.1, 0.15) is 16.9 Å². The molecule has 0 aliphatic carbocycles. The van der Waals surface area contributed by atoms with Gasteiger partial charge in [-0.3, -0.25) is 14.8 Å². The molecule has 3 aromatic rings. The van der Waals surface area contributed by atoms with Gasteiger partial charge in [0.15, 0.2) is 0 Å². The number of anilines is 1. The maximum atomic E-state index is 13.7. The van der Waals surface area contributed by atoms with Gasteiger partial charge in [0, 0.05) is 29.2 Å². The molecule has 0 unspecified atom stereocenters. The molecule has 0 saturated heterocycles. The molecule has 4 rings (SSSR count). The third-order valence-electron chi connectivity index (χ3n) is 3.75. The molecule has 3 heterocycles. The fraction of sp³-hybridized carbons (Fsp3) is 0.176. The monoisotopic (exact) mass is 372 g/mol. The van der Waals surface area contributed by atoms with Crippen molar-refractivity contribution in [2.45, 2.75) is 11.3 Å². The summed E-state index contributed by atoms with van der Waals surface area (Å²) < 4.78 is 13.7. The third-order valence-corrected chi connectivity index (χ3v) is 5.76. The number of carbonyl (C=O) groups is 1. The Morgan fingerprint density at radius 2 is 2.20 bits per heavy atom. The first-order valence-electron chi connectivity index (χ1n) is 7.68. The Bertz CT molecular complexity index is 916. The Hall–Kier alpha value is -2.32. The summed E-state index contributed by atoms with van der Waals surface area (Å²) in [5.74, 6) is 0.322. The average Bonchev–Trinajstić information content (AvgIpc) is 3.04. The molecule has 0 fully saturated rings. The maximum absolute atomic E-state index is 13.7. The lowest BCUT2D eigenvalue weighted by Crippen LogP contribution is -2.32. The molecule has 0 saturated carbocycles. The lowest BCUT2D eigenvalue weighted by Gasteiger charge is -2.21. The van der Waals surface area contributed by atoms with Crippen LogP contribution in [0.4, 0.5) is 10.1 Å². The van der Waals surface area contributed by atoms with Gasteiger partial charge in [0.05, 0.1) is 11.9 Å². The molecule has 8 heteroatoms. The van der Waals surface area contributed by atoms with Crippen LogP contribution in [0.25, 0.3) is 10.7 Å². The second kappa shape index (κ2) is 6.89. The van der Waals surface area contributed by atoms with E-state index >= 15 is 0 Å². The normalized spacial score (nSPS) is 14.0. The Labute approximate surface area is 152 Å². The number of hydrogen-bond donors (Lipinski definition) is 0. The Morgan fingerprint density at radius 3 is 3.04 bits per heavy atom. The van der Waals surface area contributed by atoms with Crippen LogP contribution >= 0.6 is 23.1 Å². The molecule has 126 valence electrons. The smallest absolute Gasteiger partial charge is 0.277 e. The second-order valence-corrected chi connectivity index (χ2v) is 7.39. The number of fused-ring (bicyclic) bond motifs is 1. The lowest BCUT2D eigenvalue weighted by molar-refractivity contribution is 0.0982. The Morgan fingerprint density at radius 1 is 1.28 bits per heavy atom. The average molecular weight is 372 g/mol. The second-order valence-electron chi connectivity index (χ2n) is 5.40. The molecule has 0 atom stereocenters. The van der Waals surface area contributed by atoms with Crippen molar-refractivity contribution in [2.75, 3.05) is 17.2 Å². The van der Waals surface area contributed by atoms with E-state index < -0.39 is 0 Å². The van der Waals surface area contributed by atoms with Gasteiger partial charge >= 0.3 is 0 Å². The molecule has 5 nitrogen and oxygen atoms in total. The van der Waals surface area contributed by atoms with E-state index in [2.05, 4.69) is 15.0 Å². The highest BCUT2D eigenvalue weighted by atomic mass is 32.2. The van der Waals surface area contributed by atoms with Gasteiger partial charge in [0.1, 0.15) is 22.2 Å². The summed E-state index contributed by atoms with van der Waals surface area (Å²) in [5, 5.41) is 2.35. The van der Waals surface area contributed by atoms with E-state index in [1.807, 2.05) is 0 Å². The predicted octanol–water partition coefficient (Wildman–Crippen LogP) is 3.88. The summed E-state index contributed by atoms with van der Waals surface area (Å²) in [5.41, 5.74) is 1.58. The SMILES string of the molecule is O=C(c1csc(-c2cnccn2)n1)N1CCCSc2ccc(F)cc21. The standard InChI is InChI=1S/C17H13FN4OS2/c18-11-2-3-15-14(8-11)22(6-1-7-24-15)17(23)13-10-25-16(21-13)12-9-19-4-5-20-12/h2-5,8-10H,1,6-7H2. The van der Waals surface area contributed by atoms with Crippen molar-refractivity contribution in [1.29, 1.82) is 0 Å². The number of benzene rings is 1. The summed E-state index contributed by atoms with van der Waals surface area (Å²) in [4.78, 5) is 28.1. The van der Waals surface area contributed by atoms with Gasteiger partial charge in [-0.2, -0.15) is 0 Å². The van der Waals surface area contributed by atoms with Gasteiger partial charge in [-0.15, -0.1) is 23.1 Å². The van der Waals surface area contributed by atoms with Crippen LogP contribution in [-0.4, -0.2) is 33.2 Å². The number of aromatic nitrogens is 3. The largest absolute Gasteiger partial charge is 0.306 e. The summed E-state index contributed by atoms with van der Waals surface area (Å²) in [7, 11) is 0. The number of thiazole rings is 1. The molecule has 25 heavy (non-hydrogen) atoms. The number of carbonyl (C=O) groups excluding carboxylic acids is 1. The Balaban J connectivity index is 1.68. The zero-order valence-electron chi connectivity index (χ0n) is 13.1. The minimum absolute atomic E-state index is 0.222. The van der Waals surface area contributed by atoms with Gasteiger partial charge in [-0.1, -0.05) is 0 Å². The van der Waals surface area contributed by atoms with Crippen LogP contribution in [0, 0.1) is 5.82 Å². The number of halogens is 1. The van der Waals surface area contributed by atoms with Crippen LogP contribution in [0.2, 0.25) is 0 Å². The summed E-state index contributed by atoms with van der Waals surface area (Å²) in [6.45, 7) is 0.542. The van der Waals surface area contributed by atoms with Crippen molar-refractivity contribution in [3.63, 3.8) is 0 Å². The number of hydrogen-bond acceptors (Lipinski definition) is 6. The lowest BCUT2D eigenvalue weighted by atomic mass is 10.2. The van der Waals surface area contributed by atoms with Gasteiger partial charge in [0.2, 0.25) is 0 Å². The molecular formula is C17H13FN4OS2. The molecule has 1 aliphatic rings. The quantitative estimate of drug-likeness (QED) is 0.683.